The van der Waals surface area contributed by atoms with Gasteiger partial charge in [-0.25, -0.2) is 4.98 Å². The Morgan fingerprint density at radius 2 is 2.14 bits per heavy atom. The third-order valence-corrected chi connectivity index (χ3v) is 4.31. The maximum atomic E-state index is 5.79. The molecular weight excluding hydrogens is 284 g/mol. The lowest BCUT2D eigenvalue weighted by Crippen LogP contribution is -2.40. The lowest BCUT2D eigenvalue weighted by atomic mass is 10.2. The first kappa shape index (κ1) is 13.8. The Kier molecular flexibility index (Phi) is 3.42. The number of hydrogen-bond donors (Lipinski definition) is 1. The summed E-state index contributed by atoms with van der Waals surface area (Å²) >= 11 is 0. The molecule has 4 rings (SSSR count). The van der Waals surface area contributed by atoms with Crippen molar-refractivity contribution in [2.45, 2.75) is 44.8 Å². The molecular formula is C14H20N6O2. The van der Waals surface area contributed by atoms with Crippen LogP contribution in [0.5, 0.6) is 0 Å². The molecule has 0 amide bonds. The molecule has 8 heteroatoms. The predicted molar refractivity (Wildman–Crippen MR) is 76.1 cm³/mol. The van der Waals surface area contributed by atoms with E-state index in [1.54, 1.807) is 0 Å². The predicted octanol–water partition coefficient (Wildman–Crippen LogP) is 1.51. The summed E-state index contributed by atoms with van der Waals surface area (Å²) < 4.78 is 11.2. The van der Waals surface area contributed by atoms with E-state index < -0.39 is 0 Å². The zero-order valence-electron chi connectivity index (χ0n) is 12.8. The lowest BCUT2D eigenvalue weighted by Gasteiger charge is -2.34. The van der Waals surface area contributed by atoms with Gasteiger partial charge in [0.2, 0.25) is 5.89 Å². The smallest absolute Gasteiger partial charge is 0.243 e. The maximum absolute atomic E-state index is 5.79. The molecule has 0 bridgehead atoms. The highest BCUT2D eigenvalue weighted by molar-refractivity contribution is 5.05. The molecule has 8 nitrogen and oxygen atoms in total. The number of aromatic nitrogens is 5. The Morgan fingerprint density at radius 3 is 2.86 bits per heavy atom. The Balaban J connectivity index is 1.46. The summed E-state index contributed by atoms with van der Waals surface area (Å²) in [6.07, 6.45) is 2.24. The van der Waals surface area contributed by atoms with Crippen molar-refractivity contribution >= 4 is 0 Å². The van der Waals surface area contributed by atoms with Gasteiger partial charge in [-0.2, -0.15) is 10.1 Å². The Labute approximate surface area is 128 Å². The zero-order chi connectivity index (χ0) is 15.1. The third-order valence-electron chi connectivity index (χ3n) is 4.31. The SMILES string of the molecule is Cc1nc([C@H]2CN([C@H](C)c3nc(C4CC4)no3)CCO2)n[nH]1. The van der Waals surface area contributed by atoms with E-state index in [1.165, 1.54) is 12.8 Å². The van der Waals surface area contributed by atoms with Crippen LogP contribution in [0.3, 0.4) is 0 Å². The third kappa shape index (κ3) is 2.64. The molecule has 1 aliphatic heterocycles. The zero-order valence-corrected chi connectivity index (χ0v) is 12.8. The van der Waals surface area contributed by atoms with Crippen LogP contribution in [0.25, 0.3) is 0 Å². The van der Waals surface area contributed by atoms with Gasteiger partial charge in [-0.3, -0.25) is 10.00 Å². The van der Waals surface area contributed by atoms with Crippen LogP contribution in [0.4, 0.5) is 0 Å². The Hall–Kier alpha value is -1.80. The number of H-pyrrole nitrogens is 1. The molecule has 2 atom stereocenters. The quantitative estimate of drug-likeness (QED) is 0.915. The molecule has 0 aromatic carbocycles. The first-order valence-electron chi connectivity index (χ1n) is 7.79. The van der Waals surface area contributed by atoms with E-state index in [0.717, 1.165) is 24.7 Å². The Morgan fingerprint density at radius 1 is 1.27 bits per heavy atom. The first-order chi connectivity index (χ1) is 10.7. The summed E-state index contributed by atoms with van der Waals surface area (Å²) in [6, 6.07) is 0.0754. The van der Waals surface area contributed by atoms with E-state index in [4.69, 9.17) is 9.26 Å². The highest BCUT2D eigenvalue weighted by Gasteiger charge is 2.33. The molecule has 1 saturated heterocycles. The van der Waals surface area contributed by atoms with Gasteiger partial charge in [0.05, 0.1) is 12.6 Å². The minimum Gasteiger partial charge on any atom is -0.367 e. The van der Waals surface area contributed by atoms with Crippen LogP contribution in [0.1, 0.15) is 61.2 Å². The van der Waals surface area contributed by atoms with Crippen molar-refractivity contribution in [3.63, 3.8) is 0 Å². The van der Waals surface area contributed by atoms with Crippen molar-refractivity contribution in [3.8, 4) is 0 Å². The molecule has 118 valence electrons. The number of aryl methyl sites for hydroxylation is 1. The van der Waals surface area contributed by atoms with Crippen LogP contribution < -0.4 is 0 Å². The van der Waals surface area contributed by atoms with Crippen LogP contribution in [-0.2, 0) is 4.74 Å². The van der Waals surface area contributed by atoms with E-state index in [9.17, 15) is 0 Å². The summed E-state index contributed by atoms with van der Waals surface area (Å²) in [4.78, 5) is 11.2. The fourth-order valence-corrected chi connectivity index (χ4v) is 2.76. The normalized spacial score (nSPS) is 24.5. The number of ether oxygens (including phenoxy) is 1. The Bertz CT molecular complexity index is 649. The van der Waals surface area contributed by atoms with Crippen molar-refractivity contribution in [3.05, 3.63) is 23.4 Å². The van der Waals surface area contributed by atoms with Gasteiger partial charge in [0.1, 0.15) is 11.9 Å². The fourth-order valence-electron chi connectivity index (χ4n) is 2.76. The number of rotatable bonds is 4. The molecule has 1 saturated carbocycles. The van der Waals surface area contributed by atoms with Crippen molar-refractivity contribution < 1.29 is 9.26 Å². The second kappa shape index (κ2) is 5.44. The van der Waals surface area contributed by atoms with Gasteiger partial charge in [-0.1, -0.05) is 5.16 Å². The van der Waals surface area contributed by atoms with Gasteiger partial charge < -0.3 is 9.26 Å². The molecule has 2 aromatic heterocycles. The van der Waals surface area contributed by atoms with Crippen LogP contribution in [0.15, 0.2) is 4.52 Å². The average molecular weight is 304 g/mol. The minimum atomic E-state index is -0.119. The molecule has 1 N–H and O–H groups in total. The second-order valence-electron chi connectivity index (χ2n) is 6.07. The van der Waals surface area contributed by atoms with Gasteiger partial charge in [0.25, 0.3) is 0 Å². The monoisotopic (exact) mass is 304 g/mol. The van der Waals surface area contributed by atoms with Crippen LogP contribution in [0, 0.1) is 6.92 Å². The number of hydrogen-bond acceptors (Lipinski definition) is 7. The molecule has 0 radical (unpaired) electrons. The molecule has 1 aliphatic carbocycles. The number of nitrogens with zero attached hydrogens (tertiary/aromatic N) is 5. The van der Waals surface area contributed by atoms with Crippen molar-refractivity contribution in [1.29, 1.82) is 0 Å². The molecule has 0 unspecified atom stereocenters. The molecule has 22 heavy (non-hydrogen) atoms. The standard InChI is InChI=1S/C14H20N6O2/c1-8(14-16-12(19-22-14)10-3-4-10)20-5-6-21-11(7-20)13-15-9(2)17-18-13/h8,10-11H,3-7H2,1-2H3,(H,15,17,18)/t8-,11-/m1/s1. The van der Waals surface area contributed by atoms with Crippen molar-refractivity contribution in [2.75, 3.05) is 19.7 Å². The topological polar surface area (TPSA) is 93.0 Å². The van der Waals surface area contributed by atoms with E-state index in [0.29, 0.717) is 24.2 Å². The van der Waals surface area contributed by atoms with Gasteiger partial charge in [-0.05, 0) is 26.7 Å². The van der Waals surface area contributed by atoms with Gasteiger partial charge in [0.15, 0.2) is 11.6 Å². The number of morpholine rings is 1. The molecule has 0 spiro atoms. The number of nitrogens with one attached hydrogen (secondary N) is 1. The highest BCUT2D eigenvalue weighted by atomic mass is 16.5. The molecule has 2 aliphatic rings. The van der Waals surface area contributed by atoms with E-state index >= 15 is 0 Å². The van der Waals surface area contributed by atoms with Crippen LogP contribution in [-0.4, -0.2) is 49.9 Å². The minimum absolute atomic E-state index is 0.0754. The van der Waals surface area contributed by atoms with Crippen LogP contribution in [0.2, 0.25) is 0 Å². The summed E-state index contributed by atoms with van der Waals surface area (Å²) in [5, 5.41) is 11.2. The summed E-state index contributed by atoms with van der Waals surface area (Å²) in [5.41, 5.74) is 0. The van der Waals surface area contributed by atoms with E-state index in [2.05, 4.69) is 37.1 Å². The van der Waals surface area contributed by atoms with Crippen LogP contribution >= 0.6 is 0 Å². The molecule has 2 aromatic rings. The van der Waals surface area contributed by atoms with E-state index in [-0.39, 0.29) is 12.1 Å². The molecule has 3 heterocycles. The van der Waals surface area contributed by atoms with Gasteiger partial charge in [-0.15, -0.1) is 0 Å². The first-order valence-corrected chi connectivity index (χ1v) is 7.79. The summed E-state index contributed by atoms with van der Waals surface area (Å²) in [6.45, 7) is 6.18. The fraction of sp³-hybridized carbons (Fsp3) is 0.714. The lowest BCUT2D eigenvalue weighted by molar-refractivity contribution is -0.0507. The van der Waals surface area contributed by atoms with E-state index in [1.807, 2.05) is 6.92 Å². The largest absolute Gasteiger partial charge is 0.367 e. The summed E-state index contributed by atoms with van der Waals surface area (Å²) in [7, 11) is 0. The van der Waals surface area contributed by atoms with Gasteiger partial charge in [0, 0.05) is 19.0 Å². The molecule has 2 fully saturated rings. The van der Waals surface area contributed by atoms with Crippen molar-refractivity contribution in [1.82, 2.24) is 30.2 Å². The van der Waals surface area contributed by atoms with Gasteiger partial charge >= 0.3 is 0 Å². The van der Waals surface area contributed by atoms with Crippen molar-refractivity contribution in [2.24, 2.45) is 0 Å². The highest BCUT2D eigenvalue weighted by Crippen LogP contribution is 2.38. The maximum Gasteiger partial charge on any atom is 0.243 e. The second-order valence-corrected chi connectivity index (χ2v) is 6.07. The summed E-state index contributed by atoms with van der Waals surface area (Å²) in [5.74, 6) is 3.57. The number of aromatic amines is 1. The average Bonchev–Trinajstić information content (AvgIpc) is 3.10.